The zero-order chi connectivity index (χ0) is 11.5. The number of hydrogen-bond donors (Lipinski definition) is 2. The lowest BCUT2D eigenvalue weighted by Gasteiger charge is -2.02. The second-order valence-corrected chi connectivity index (χ2v) is 5.12. The van der Waals surface area contributed by atoms with E-state index in [9.17, 15) is 4.79 Å². The summed E-state index contributed by atoms with van der Waals surface area (Å²) in [6.45, 7) is 0.498. The van der Waals surface area contributed by atoms with Crippen LogP contribution in [0.4, 0.5) is 5.13 Å². The summed E-state index contributed by atoms with van der Waals surface area (Å²) < 4.78 is 2.48. The maximum atomic E-state index is 11.5. The van der Waals surface area contributed by atoms with Crippen molar-refractivity contribution in [1.82, 2.24) is 9.55 Å². The first-order chi connectivity index (χ1) is 7.69. The van der Waals surface area contributed by atoms with Crippen LogP contribution in [0.15, 0.2) is 33.8 Å². The van der Waals surface area contributed by atoms with E-state index >= 15 is 0 Å². The predicted molar refractivity (Wildman–Crippen MR) is 67.4 cm³/mol. The van der Waals surface area contributed by atoms with E-state index in [1.165, 1.54) is 17.4 Å². The molecule has 0 bridgehead atoms. The fourth-order valence-corrected chi connectivity index (χ4v) is 2.34. The van der Waals surface area contributed by atoms with Crippen LogP contribution in [0.25, 0.3) is 0 Å². The number of nitrogen functional groups attached to an aromatic ring is 1. The van der Waals surface area contributed by atoms with Gasteiger partial charge in [0.1, 0.15) is 0 Å². The lowest BCUT2D eigenvalue weighted by Crippen LogP contribution is -2.18. The van der Waals surface area contributed by atoms with Crippen LogP contribution in [0.5, 0.6) is 0 Å². The van der Waals surface area contributed by atoms with E-state index in [0.29, 0.717) is 11.7 Å². The van der Waals surface area contributed by atoms with Crippen molar-refractivity contribution in [3.05, 3.63) is 44.2 Å². The number of hydrogen-bond acceptors (Lipinski definition) is 5. The molecule has 0 aliphatic heterocycles. The third kappa shape index (κ3) is 2.49. The Balaban J connectivity index is 2.26. The third-order valence-electron chi connectivity index (χ3n) is 1.95. The number of anilines is 1. The van der Waals surface area contributed by atoms with Gasteiger partial charge in [0.2, 0.25) is 0 Å². The molecule has 0 aliphatic carbocycles. The number of nitrogens with zero attached hydrogens (tertiary/aromatic N) is 2. The number of hydrazine groups is 1. The quantitative estimate of drug-likeness (QED) is 0.664. The molecule has 5 nitrogen and oxygen atoms in total. The van der Waals surface area contributed by atoms with Crippen LogP contribution in [0.1, 0.15) is 4.88 Å². The number of thiazole rings is 1. The Morgan fingerprint density at radius 3 is 3.06 bits per heavy atom. The molecule has 0 spiro atoms. The molecule has 0 saturated heterocycles. The predicted octanol–water partition coefficient (Wildman–Crippen LogP) is 1.40. The number of pyridine rings is 1. The highest BCUT2D eigenvalue weighted by molar-refractivity contribution is 9.10. The first-order valence-corrected chi connectivity index (χ1v) is 6.07. The van der Waals surface area contributed by atoms with Crippen molar-refractivity contribution in [2.45, 2.75) is 6.54 Å². The number of aromatic nitrogens is 2. The molecule has 0 amide bonds. The van der Waals surface area contributed by atoms with Gasteiger partial charge in [-0.15, -0.1) is 0 Å². The molecule has 0 unspecified atom stereocenters. The first kappa shape index (κ1) is 11.3. The van der Waals surface area contributed by atoms with Gasteiger partial charge in [0, 0.05) is 27.8 Å². The molecule has 2 rings (SSSR count). The molecule has 3 N–H and O–H groups in total. The van der Waals surface area contributed by atoms with Gasteiger partial charge >= 0.3 is 0 Å². The minimum atomic E-state index is -0.0427. The molecule has 84 valence electrons. The Hall–Kier alpha value is -1.18. The summed E-state index contributed by atoms with van der Waals surface area (Å²) in [5.74, 6) is 5.23. The van der Waals surface area contributed by atoms with Crippen LogP contribution in [-0.2, 0) is 6.54 Å². The van der Waals surface area contributed by atoms with Crippen LogP contribution >= 0.6 is 27.3 Å². The topological polar surface area (TPSA) is 72.9 Å². The molecule has 7 heteroatoms. The molecule has 0 atom stereocenters. The lowest BCUT2D eigenvalue weighted by molar-refractivity contribution is 0.765. The Morgan fingerprint density at radius 2 is 2.38 bits per heavy atom. The van der Waals surface area contributed by atoms with Gasteiger partial charge in [-0.2, -0.15) is 0 Å². The second kappa shape index (κ2) is 4.77. The van der Waals surface area contributed by atoms with Gasteiger partial charge < -0.3 is 4.57 Å². The number of rotatable bonds is 3. The average Bonchev–Trinajstić information content (AvgIpc) is 2.71. The molecular formula is C9H9BrN4OS. The van der Waals surface area contributed by atoms with E-state index in [4.69, 9.17) is 5.84 Å². The monoisotopic (exact) mass is 300 g/mol. The molecule has 2 aromatic heterocycles. The second-order valence-electron chi connectivity index (χ2n) is 3.09. The number of halogens is 1. The van der Waals surface area contributed by atoms with Crippen LogP contribution in [-0.4, -0.2) is 9.55 Å². The van der Waals surface area contributed by atoms with Gasteiger partial charge in [0.25, 0.3) is 5.56 Å². The van der Waals surface area contributed by atoms with E-state index in [0.717, 1.165) is 9.35 Å². The maximum Gasteiger partial charge on any atom is 0.250 e. The fourth-order valence-electron chi connectivity index (χ4n) is 1.24. The molecule has 0 saturated carbocycles. The minimum absolute atomic E-state index is 0.0427. The third-order valence-corrected chi connectivity index (χ3v) is 3.33. The average molecular weight is 301 g/mol. The molecular weight excluding hydrogens is 292 g/mol. The molecule has 0 aliphatic rings. The highest BCUT2D eigenvalue weighted by Crippen LogP contribution is 2.17. The molecule has 2 aromatic rings. The summed E-state index contributed by atoms with van der Waals surface area (Å²) in [5, 5.41) is 0.637. The van der Waals surface area contributed by atoms with Crippen molar-refractivity contribution in [3.8, 4) is 0 Å². The lowest BCUT2D eigenvalue weighted by atomic mass is 10.4. The SMILES string of the molecule is NNc1ncc(Cn2cc(Br)ccc2=O)s1. The highest BCUT2D eigenvalue weighted by Gasteiger charge is 2.03. The smallest absolute Gasteiger partial charge is 0.250 e. The number of nitrogens with one attached hydrogen (secondary N) is 1. The largest absolute Gasteiger partial charge is 0.309 e. The van der Waals surface area contributed by atoms with Gasteiger partial charge in [-0.1, -0.05) is 11.3 Å². The van der Waals surface area contributed by atoms with E-state index in [1.807, 2.05) is 0 Å². The fraction of sp³-hybridized carbons (Fsp3) is 0.111. The van der Waals surface area contributed by atoms with Crippen molar-refractivity contribution in [3.63, 3.8) is 0 Å². The van der Waals surface area contributed by atoms with Gasteiger partial charge in [0.15, 0.2) is 5.13 Å². The number of nitrogens with two attached hydrogens (primary N) is 1. The van der Waals surface area contributed by atoms with E-state index in [2.05, 4.69) is 26.3 Å². The normalized spacial score (nSPS) is 10.4. The molecule has 0 aromatic carbocycles. The summed E-state index contributed by atoms with van der Waals surface area (Å²) in [6.07, 6.45) is 3.45. The first-order valence-electron chi connectivity index (χ1n) is 4.46. The molecule has 0 fully saturated rings. The summed E-state index contributed by atoms with van der Waals surface area (Å²) in [6, 6.07) is 3.24. The van der Waals surface area contributed by atoms with Crippen molar-refractivity contribution < 1.29 is 0 Å². The maximum absolute atomic E-state index is 11.5. The minimum Gasteiger partial charge on any atom is -0.309 e. The van der Waals surface area contributed by atoms with Gasteiger partial charge in [-0.3, -0.25) is 10.2 Å². The van der Waals surface area contributed by atoms with Gasteiger partial charge in [0.05, 0.1) is 6.54 Å². The summed E-state index contributed by atoms with van der Waals surface area (Å²) >= 11 is 4.74. The Morgan fingerprint density at radius 1 is 1.56 bits per heavy atom. The zero-order valence-corrected chi connectivity index (χ0v) is 10.6. The Labute approximate surface area is 104 Å². The molecule has 0 radical (unpaired) electrons. The van der Waals surface area contributed by atoms with Crippen molar-refractivity contribution in [2.24, 2.45) is 5.84 Å². The zero-order valence-electron chi connectivity index (χ0n) is 8.18. The Kier molecular flexibility index (Phi) is 3.37. The van der Waals surface area contributed by atoms with E-state index in [-0.39, 0.29) is 5.56 Å². The van der Waals surface area contributed by atoms with Crippen LogP contribution in [0, 0.1) is 0 Å². The molecule has 2 heterocycles. The molecule has 16 heavy (non-hydrogen) atoms. The van der Waals surface area contributed by atoms with Crippen LogP contribution in [0.2, 0.25) is 0 Å². The Bertz CT molecular complexity index is 550. The summed E-state index contributed by atoms with van der Waals surface area (Å²) in [5.41, 5.74) is 2.43. The van der Waals surface area contributed by atoms with Crippen molar-refractivity contribution >= 4 is 32.4 Å². The van der Waals surface area contributed by atoms with Crippen molar-refractivity contribution in [2.75, 3.05) is 5.43 Å². The highest BCUT2D eigenvalue weighted by atomic mass is 79.9. The van der Waals surface area contributed by atoms with E-state index < -0.39 is 0 Å². The summed E-state index contributed by atoms with van der Waals surface area (Å²) in [7, 11) is 0. The standard InChI is InChI=1S/C9H9BrN4OS/c10-6-1-2-8(15)14(4-6)5-7-3-12-9(13-11)16-7/h1-4H,5,11H2,(H,12,13). The summed E-state index contributed by atoms with van der Waals surface area (Å²) in [4.78, 5) is 16.5. The van der Waals surface area contributed by atoms with Crippen molar-refractivity contribution in [1.29, 1.82) is 0 Å². The van der Waals surface area contributed by atoms with Gasteiger partial charge in [-0.05, 0) is 22.0 Å². The van der Waals surface area contributed by atoms with Crippen LogP contribution in [0.3, 0.4) is 0 Å². The van der Waals surface area contributed by atoms with Gasteiger partial charge in [-0.25, -0.2) is 10.8 Å². The van der Waals surface area contributed by atoms with E-state index in [1.54, 1.807) is 23.0 Å². The van der Waals surface area contributed by atoms with Crippen LogP contribution < -0.4 is 16.8 Å².